The van der Waals surface area contributed by atoms with E-state index in [1.54, 1.807) is 0 Å². The van der Waals surface area contributed by atoms with Gasteiger partial charge in [-0.15, -0.1) is 0 Å². The van der Waals surface area contributed by atoms with Crippen LogP contribution >= 0.6 is 0 Å². The van der Waals surface area contributed by atoms with E-state index >= 15 is 0 Å². The van der Waals surface area contributed by atoms with E-state index in [1.165, 1.54) is 58.0 Å². The minimum atomic E-state index is 0.384. The lowest BCUT2D eigenvalue weighted by Gasteiger charge is -2.52. The van der Waals surface area contributed by atoms with Crippen LogP contribution in [0.2, 0.25) is 0 Å². The molecule has 19 heavy (non-hydrogen) atoms. The summed E-state index contributed by atoms with van der Waals surface area (Å²) >= 11 is 0. The third kappa shape index (κ3) is 3.72. The van der Waals surface area contributed by atoms with Gasteiger partial charge in [0.05, 0.1) is 0 Å². The zero-order valence-corrected chi connectivity index (χ0v) is 13.5. The molecule has 2 heteroatoms. The van der Waals surface area contributed by atoms with E-state index in [0.29, 0.717) is 11.6 Å². The van der Waals surface area contributed by atoms with Crippen LogP contribution < -0.4 is 5.32 Å². The fourth-order valence-electron chi connectivity index (χ4n) is 4.03. The van der Waals surface area contributed by atoms with Crippen LogP contribution in [0.25, 0.3) is 0 Å². The van der Waals surface area contributed by atoms with Crippen LogP contribution in [0, 0.1) is 5.92 Å². The van der Waals surface area contributed by atoms with Gasteiger partial charge in [0.1, 0.15) is 0 Å². The molecule has 0 bridgehead atoms. The van der Waals surface area contributed by atoms with E-state index in [2.05, 4.69) is 37.9 Å². The molecule has 1 saturated carbocycles. The molecule has 2 nitrogen and oxygen atoms in total. The summed E-state index contributed by atoms with van der Waals surface area (Å²) in [4.78, 5) is 2.88. The molecule has 2 atom stereocenters. The summed E-state index contributed by atoms with van der Waals surface area (Å²) < 4.78 is 0. The third-order valence-corrected chi connectivity index (χ3v) is 5.42. The minimum absolute atomic E-state index is 0.384. The Labute approximate surface area is 120 Å². The van der Waals surface area contributed by atoms with E-state index in [-0.39, 0.29) is 0 Å². The summed E-state index contributed by atoms with van der Waals surface area (Å²) in [6, 6.07) is 1.57. The van der Waals surface area contributed by atoms with E-state index in [0.717, 1.165) is 12.0 Å². The molecule has 2 aliphatic rings. The maximum absolute atomic E-state index is 3.82. The standard InChI is InChI=1S/C17H34N2/c1-5-17(4)13-18-15(11-14(2)3)12-19(17)16-9-7-6-8-10-16/h14-16,18H,5-13H2,1-4H3. The predicted molar refractivity (Wildman–Crippen MR) is 83.5 cm³/mol. The Bertz CT molecular complexity index is 270. The molecule has 0 aromatic carbocycles. The summed E-state index contributed by atoms with van der Waals surface area (Å²) in [5, 5.41) is 3.82. The summed E-state index contributed by atoms with van der Waals surface area (Å²) in [7, 11) is 0. The first-order valence-corrected chi connectivity index (χ1v) is 8.55. The molecule has 1 heterocycles. The number of nitrogens with zero attached hydrogens (tertiary/aromatic N) is 1. The van der Waals surface area contributed by atoms with Crippen molar-refractivity contribution in [2.75, 3.05) is 13.1 Å². The molecule has 112 valence electrons. The quantitative estimate of drug-likeness (QED) is 0.832. The molecule has 1 aliphatic heterocycles. The molecule has 0 amide bonds. The highest BCUT2D eigenvalue weighted by Gasteiger charge is 2.40. The number of piperazine rings is 1. The molecule has 1 aliphatic carbocycles. The minimum Gasteiger partial charge on any atom is -0.311 e. The number of nitrogens with one attached hydrogen (secondary N) is 1. The topological polar surface area (TPSA) is 15.3 Å². The fourth-order valence-corrected chi connectivity index (χ4v) is 4.03. The SMILES string of the molecule is CCC1(C)CNC(CC(C)C)CN1C1CCCCC1. The van der Waals surface area contributed by atoms with Crippen molar-refractivity contribution in [2.24, 2.45) is 5.92 Å². The fraction of sp³-hybridized carbons (Fsp3) is 1.00. The van der Waals surface area contributed by atoms with Crippen LogP contribution in [0.5, 0.6) is 0 Å². The second kappa shape index (κ2) is 6.58. The Hall–Kier alpha value is -0.0800. The largest absolute Gasteiger partial charge is 0.311 e. The zero-order chi connectivity index (χ0) is 13.9. The van der Waals surface area contributed by atoms with Gasteiger partial charge in [0.25, 0.3) is 0 Å². The van der Waals surface area contributed by atoms with Crippen molar-refractivity contribution in [3.63, 3.8) is 0 Å². The lowest BCUT2D eigenvalue weighted by atomic mass is 9.84. The Morgan fingerprint density at radius 3 is 2.47 bits per heavy atom. The van der Waals surface area contributed by atoms with Gasteiger partial charge in [-0.3, -0.25) is 4.90 Å². The molecule has 0 aromatic heterocycles. The lowest BCUT2D eigenvalue weighted by Crippen LogP contribution is -2.66. The summed E-state index contributed by atoms with van der Waals surface area (Å²) in [6.45, 7) is 12.0. The smallest absolute Gasteiger partial charge is 0.0306 e. The van der Waals surface area contributed by atoms with Crippen molar-refractivity contribution in [1.82, 2.24) is 10.2 Å². The van der Waals surface area contributed by atoms with Crippen LogP contribution in [-0.2, 0) is 0 Å². The van der Waals surface area contributed by atoms with Gasteiger partial charge in [0.15, 0.2) is 0 Å². The predicted octanol–water partition coefficient (Wildman–Crippen LogP) is 3.81. The van der Waals surface area contributed by atoms with Gasteiger partial charge >= 0.3 is 0 Å². The van der Waals surface area contributed by atoms with E-state index < -0.39 is 0 Å². The molecule has 1 N–H and O–H groups in total. The normalized spacial score (nSPS) is 34.9. The van der Waals surface area contributed by atoms with Gasteiger partial charge < -0.3 is 5.32 Å². The molecule has 2 unspecified atom stereocenters. The highest BCUT2D eigenvalue weighted by molar-refractivity contribution is 4.98. The highest BCUT2D eigenvalue weighted by Crippen LogP contribution is 2.32. The monoisotopic (exact) mass is 266 g/mol. The molecule has 0 spiro atoms. The molecule has 1 saturated heterocycles. The summed E-state index contributed by atoms with van der Waals surface area (Å²) in [6.07, 6.45) is 9.81. The van der Waals surface area contributed by atoms with Crippen LogP contribution in [0.15, 0.2) is 0 Å². The number of hydrogen-bond donors (Lipinski definition) is 1. The lowest BCUT2D eigenvalue weighted by molar-refractivity contribution is -0.00589. The second-order valence-corrected chi connectivity index (χ2v) is 7.50. The first-order chi connectivity index (χ1) is 9.05. The van der Waals surface area contributed by atoms with Gasteiger partial charge in [-0.25, -0.2) is 0 Å². The van der Waals surface area contributed by atoms with E-state index in [1.807, 2.05) is 0 Å². The Morgan fingerprint density at radius 2 is 1.89 bits per heavy atom. The summed E-state index contributed by atoms with van der Waals surface area (Å²) in [5.41, 5.74) is 0.384. The van der Waals surface area contributed by atoms with Gasteiger partial charge in [-0.2, -0.15) is 0 Å². The average Bonchev–Trinajstić information content (AvgIpc) is 2.41. The molecular weight excluding hydrogens is 232 g/mol. The molecule has 2 fully saturated rings. The second-order valence-electron chi connectivity index (χ2n) is 7.50. The van der Waals surface area contributed by atoms with E-state index in [9.17, 15) is 0 Å². The molecule has 0 aromatic rings. The Kier molecular flexibility index (Phi) is 5.30. The van der Waals surface area contributed by atoms with Crippen molar-refractivity contribution in [3.05, 3.63) is 0 Å². The van der Waals surface area contributed by atoms with E-state index in [4.69, 9.17) is 0 Å². The Morgan fingerprint density at radius 1 is 1.21 bits per heavy atom. The molecule has 2 rings (SSSR count). The van der Waals surface area contributed by atoms with Crippen molar-refractivity contribution < 1.29 is 0 Å². The first kappa shape index (κ1) is 15.3. The maximum atomic E-state index is 3.82. The van der Waals surface area contributed by atoms with Crippen molar-refractivity contribution >= 4 is 0 Å². The number of hydrogen-bond acceptors (Lipinski definition) is 2. The van der Waals surface area contributed by atoms with Crippen LogP contribution in [-0.4, -0.2) is 35.6 Å². The van der Waals surface area contributed by atoms with Gasteiger partial charge in [0.2, 0.25) is 0 Å². The maximum Gasteiger partial charge on any atom is 0.0306 e. The highest BCUT2D eigenvalue weighted by atomic mass is 15.3. The van der Waals surface area contributed by atoms with Crippen molar-refractivity contribution in [1.29, 1.82) is 0 Å². The number of rotatable bonds is 4. The zero-order valence-electron chi connectivity index (χ0n) is 13.5. The van der Waals surface area contributed by atoms with Crippen LogP contribution in [0.1, 0.15) is 72.6 Å². The van der Waals surface area contributed by atoms with Crippen LogP contribution in [0.4, 0.5) is 0 Å². The Balaban J connectivity index is 2.03. The third-order valence-electron chi connectivity index (χ3n) is 5.42. The van der Waals surface area contributed by atoms with Gasteiger partial charge in [-0.1, -0.05) is 40.0 Å². The van der Waals surface area contributed by atoms with Gasteiger partial charge in [-0.05, 0) is 38.5 Å². The van der Waals surface area contributed by atoms with Crippen molar-refractivity contribution in [3.8, 4) is 0 Å². The van der Waals surface area contributed by atoms with Gasteiger partial charge in [0, 0.05) is 30.7 Å². The average molecular weight is 266 g/mol. The van der Waals surface area contributed by atoms with Crippen LogP contribution in [0.3, 0.4) is 0 Å². The molecular formula is C17H34N2. The summed E-state index contributed by atoms with van der Waals surface area (Å²) in [5.74, 6) is 0.802. The van der Waals surface area contributed by atoms with Crippen molar-refractivity contribution in [2.45, 2.75) is 90.3 Å². The first-order valence-electron chi connectivity index (χ1n) is 8.55. The molecule has 0 radical (unpaired) electrons.